The third kappa shape index (κ3) is 6.26. The Morgan fingerprint density at radius 1 is 1.21 bits per heavy atom. The number of ether oxygens (including phenoxy) is 1. The fourth-order valence-electron chi connectivity index (χ4n) is 3.42. The Morgan fingerprint density at radius 2 is 2.06 bits per heavy atom. The number of benzene rings is 1. The maximum absolute atomic E-state index is 9.98. The van der Waals surface area contributed by atoms with E-state index in [0.717, 1.165) is 30.4 Å². The van der Waals surface area contributed by atoms with Crippen LogP contribution < -0.4 is 15.4 Å². The largest absolute Gasteiger partial charge is 0.491 e. The average molecular weight is 447 g/mol. The maximum Gasteiger partial charge on any atom is 0.164 e. The molecule has 0 amide bonds. The molecule has 8 nitrogen and oxygen atoms in total. The van der Waals surface area contributed by atoms with Crippen molar-refractivity contribution in [2.75, 3.05) is 17.2 Å². The van der Waals surface area contributed by atoms with Crippen molar-refractivity contribution in [1.29, 1.82) is 5.41 Å². The van der Waals surface area contributed by atoms with Crippen molar-refractivity contribution in [3.63, 3.8) is 0 Å². The summed E-state index contributed by atoms with van der Waals surface area (Å²) in [6.07, 6.45) is 8.14. The minimum atomic E-state index is -0.487. The van der Waals surface area contributed by atoms with E-state index in [1.807, 2.05) is 43.3 Å². The van der Waals surface area contributed by atoms with Crippen LogP contribution in [0.15, 0.2) is 48.8 Å². The monoisotopic (exact) mass is 446 g/mol. The third-order valence-corrected chi connectivity index (χ3v) is 5.35. The number of nitrogens with one attached hydrogen (secondary N) is 3. The molecule has 1 aliphatic rings. The van der Waals surface area contributed by atoms with Gasteiger partial charge in [-0.25, -0.2) is 9.97 Å². The minimum absolute atomic E-state index is 0.247. The molecule has 1 aromatic carbocycles. The Hall–Kier alpha value is -3.52. The highest BCUT2D eigenvalue weighted by molar-refractivity contribution is 5.91. The fraction of sp³-hybridized carbons (Fsp3) is 0.360. The van der Waals surface area contributed by atoms with Crippen molar-refractivity contribution in [2.24, 2.45) is 0 Å². The van der Waals surface area contributed by atoms with E-state index in [0.29, 0.717) is 47.8 Å². The van der Waals surface area contributed by atoms with E-state index in [4.69, 9.17) is 20.1 Å². The number of anilines is 2. The number of aliphatic hydroxyl groups is 1. The number of nitrogens with zero attached hydrogens (tertiary/aromatic N) is 3. The van der Waals surface area contributed by atoms with E-state index in [2.05, 4.69) is 15.6 Å². The molecule has 0 spiro atoms. The van der Waals surface area contributed by atoms with Gasteiger partial charge in [0, 0.05) is 36.8 Å². The first-order valence-electron chi connectivity index (χ1n) is 11.4. The quantitative estimate of drug-likeness (QED) is 0.307. The highest BCUT2D eigenvalue weighted by atomic mass is 16.5. The van der Waals surface area contributed by atoms with Crippen molar-refractivity contribution in [1.82, 2.24) is 15.0 Å². The zero-order chi connectivity index (χ0) is 23.0. The van der Waals surface area contributed by atoms with Crippen LogP contribution in [0.1, 0.15) is 43.7 Å². The van der Waals surface area contributed by atoms with Crippen LogP contribution in [-0.2, 0) is 6.54 Å². The minimum Gasteiger partial charge on any atom is -0.491 e. The van der Waals surface area contributed by atoms with Crippen molar-refractivity contribution < 1.29 is 9.84 Å². The smallest absolute Gasteiger partial charge is 0.164 e. The highest BCUT2D eigenvalue weighted by Crippen LogP contribution is 2.31. The molecule has 0 bridgehead atoms. The Bertz CT molecular complexity index is 1070. The van der Waals surface area contributed by atoms with E-state index in [1.165, 1.54) is 6.21 Å². The van der Waals surface area contributed by atoms with Crippen LogP contribution in [0.25, 0.3) is 11.4 Å². The van der Waals surface area contributed by atoms with Gasteiger partial charge in [0.15, 0.2) is 5.82 Å². The number of aromatic nitrogens is 3. The molecule has 2 heterocycles. The van der Waals surface area contributed by atoms with Crippen molar-refractivity contribution >= 4 is 17.9 Å². The lowest BCUT2D eigenvalue weighted by molar-refractivity contribution is 0.0994. The summed E-state index contributed by atoms with van der Waals surface area (Å²) < 4.78 is 5.79. The normalized spacial score (nSPS) is 13.9. The van der Waals surface area contributed by atoms with E-state index in [-0.39, 0.29) is 6.61 Å². The third-order valence-electron chi connectivity index (χ3n) is 5.35. The number of hydrogen-bond donors (Lipinski definition) is 4. The lowest BCUT2D eigenvalue weighted by atomic mass is 10.1. The van der Waals surface area contributed by atoms with Gasteiger partial charge in [-0.15, -0.1) is 0 Å². The summed E-state index contributed by atoms with van der Waals surface area (Å²) in [5, 5.41) is 24.7. The average Bonchev–Trinajstić information content (AvgIpc) is 3.66. The summed E-state index contributed by atoms with van der Waals surface area (Å²) in [5.74, 6) is 2.43. The Balaban J connectivity index is 1.61. The van der Waals surface area contributed by atoms with E-state index in [1.54, 1.807) is 12.4 Å². The maximum atomic E-state index is 9.98. The SMILES string of the molecule is CCCC(O)COc1cccc(-c2nc(NCc3cccnc3)c(C=N)c(NC3CC3)n2)c1. The predicted molar refractivity (Wildman–Crippen MR) is 130 cm³/mol. The van der Waals surface area contributed by atoms with Gasteiger partial charge in [0.1, 0.15) is 24.0 Å². The second-order valence-corrected chi connectivity index (χ2v) is 8.22. The van der Waals surface area contributed by atoms with Gasteiger partial charge in [-0.3, -0.25) is 4.98 Å². The first-order valence-corrected chi connectivity index (χ1v) is 11.4. The molecule has 0 saturated heterocycles. The van der Waals surface area contributed by atoms with Gasteiger partial charge in [0.25, 0.3) is 0 Å². The number of hydrogen-bond acceptors (Lipinski definition) is 8. The number of aliphatic hydroxyl groups excluding tert-OH is 1. The first-order chi connectivity index (χ1) is 16.2. The molecule has 1 unspecified atom stereocenters. The zero-order valence-corrected chi connectivity index (χ0v) is 18.8. The lowest BCUT2D eigenvalue weighted by Gasteiger charge is -2.16. The number of pyridine rings is 1. The number of rotatable bonds is 12. The molecule has 2 aromatic heterocycles. The lowest BCUT2D eigenvalue weighted by Crippen LogP contribution is -2.17. The highest BCUT2D eigenvalue weighted by Gasteiger charge is 2.24. The molecule has 1 fully saturated rings. The van der Waals surface area contributed by atoms with Crippen molar-refractivity contribution in [3.8, 4) is 17.1 Å². The van der Waals surface area contributed by atoms with Crippen LogP contribution in [0, 0.1) is 5.41 Å². The second-order valence-electron chi connectivity index (χ2n) is 8.22. The zero-order valence-electron chi connectivity index (χ0n) is 18.8. The van der Waals surface area contributed by atoms with Crippen LogP contribution >= 0.6 is 0 Å². The standard InChI is InChI=1S/C25H30N6O2/c1-2-5-20(32)16-33-21-8-3-7-18(12-21)23-30-24(28-15-17-6-4-11-27-14-17)22(13-26)25(31-23)29-19-9-10-19/h3-4,6-8,11-14,19-20,26,32H,2,5,9-10,15-16H2,1H3,(H2,28,29,30,31). The summed E-state index contributed by atoms with van der Waals surface area (Å²) in [7, 11) is 0. The molecule has 3 aromatic rings. The van der Waals surface area contributed by atoms with Crippen LogP contribution in [0.5, 0.6) is 5.75 Å². The Labute approximate surface area is 194 Å². The Morgan fingerprint density at radius 3 is 2.79 bits per heavy atom. The van der Waals surface area contributed by atoms with Crippen LogP contribution in [0.2, 0.25) is 0 Å². The molecule has 8 heteroatoms. The molecule has 0 aliphatic heterocycles. The van der Waals surface area contributed by atoms with Gasteiger partial charge in [-0.2, -0.15) is 0 Å². The summed E-state index contributed by atoms with van der Waals surface area (Å²) in [5.41, 5.74) is 2.45. The van der Waals surface area contributed by atoms with E-state index in [9.17, 15) is 5.11 Å². The second kappa shape index (κ2) is 10.9. The summed E-state index contributed by atoms with van der Waals surface area (Å²) in [6, 6.07) is 11.8. The van der Waals surface area contributed by atoms with Crippen LogP contribution in [-0.4, -0.2) is 45.0 Å². The van der Waals surface area contributed by atoms with Gasteiger partial charge < -0.3 is 25.9 Å². The molecular formula is C25H30N6O2. The molecule has 1 aliphatic carbocycles. The molecular weight excluding hydrogens is 416 g/mol. The predicted octanol–water partition coefficient (Wildman–Crippen LogP) is 4.26. The molecule has 33 heavy (non-hydrogen) atoms. The Kier molecular flexibility index (Phi) is 7.47. The van der Waals surface area contributed by atoms with Crippen LogP contribution in [0.4, 0.5) is 11.6 Å². The van der Waals surface area contributed by atoms with Gasteiger partial charge in [-0.1, -0.05) is 31.5 Å². The molecule has 4 N–H and O–H groups in total. The van der Waals surface area contributed by atoms with Gasteiger partial charge in [-0.05, 0) is 43.0 Å². The molecule has 0 radical (unpaired) electrons. The molecule has 172 valence electrons. The summed E-state index contributed by atoms with van der Waals surface area (Å²) in [4.78, 5) is 13.6. The van der Waals surface area contributed by atoms with Crippen molar-refractivity contribution in [3.05, 3.63) is 59.9 Å². The fourth-order valence-corrected chi connectivity index (χ4v) is 3.42. The topological polar surface area (TPSA) is 116 Å². The van der Waals surface area contributed by atoms with Gasteiger partial charge in [0.05, 0.1) is 11.7 Å². The van der Waals surface area contributed by atoms with Gasteiger partial charge >= 0.3 is 0 Å². The van der Waals surface area contributed by atoms with Crippen LogP contribution in [0.3, 0.4) is 0 Å². The van der Waals surface area contributed by atoms with Gasteiger partial charge in [0.2, 0.25) is 0 Å². The van der Waals surface area contributed by atoms with E-state index >= 15 is 0 Å². The van der Waals surface area contributed by atoms with Crippen molar-refractivity contribution in [2.45, 2.75) is 51.3 Å². The summed E-state index contributed by atoms with van der Waals surface area (Å²) >= 11 is 0. The molecule has 1 atom stereocenters. The first kappa shape index (κ1) is 22.7. The van der Waals surface area contributed by atoms with E-state index < -0.39 is 6.10 Å². The molecule has 4 rings (SSSR count). The summed E-state index contributed by atoms with van der Waals surface area (Å²) in [6.45, 7) is 2.82. The molecule has 1 saturated carbocycles.